The van der Waals surface area contributed by atoms with Crippen LogP contribution in [0.2, 0.25) is 0 Å². The van der Waals surface area contributed by atoms with E-state index in [1.807, 2.05) is 0 Å². The van der Waals surface area contributed by atoms with Crippen LogP contribution in [0.5, 0.6) is 0 Å². The van der Waals surface area contributed by atoms with Crippen molar-refractivity contribution in [2.45, 2.75) is 39.2 Å². The molecule has 0 heterocycles. The fourth-order valence-corrected chi connectivity index (χ4v) is 6.10. The largest absolute Gasteiger partial charge is 0.324 e. The van der Waals surface area contributed by atoms with E-state index in [4.69, 9.17) is 5.73 Å². The van der Waals surface area contributed by atoms with Gasteiger partial charge >= 0.3 is 0 Å². The first kappa shape index (κ1) is 17.9. The van der Waals surface area contributed by atoms with E-state index in [2.05, 4.69) is 86.8 Å². The Hall–Kier alpha value is -2.12. The molecule has 5 rings (SSSR count). The highest BCUT2D eigenvalue weighted by atomic mass is 14.6. The molecule has 2 N–H and O–H groups in total. The molecule has 0 saturated heterocycles. The third-order valence-electron chi connectivity index (χ3n) is 7.63. The molecule has 5 unspecified atom stereocenters. The Bertz CT molecular complexity index is 912. The lowest BCUT2D eigenvalue weighted by atomic mass is 9.75. The normalized spacial score (nSPS) is 37.6. The van der Waals surface area contributed by atoms with Crippen LogP contribution in [0.1, 0.15) is 33.1 Å². The van der Waals surface area contributed by atoms with Crippen molar-refractivity contribution in [1.82, 2.24) is 0 Å². The molecule has 0 amide bonds. The molecule has 144 valence electrons. The predicted molar refractivity (Wildman–Crippen MR) is 118 cm³/mol. The first-order chi connectivity index (χ1) is 13.6. The number of rotatable bonds is 2. The van der Waals surface area contributed by atoms with Gasteiger partial charge in [-0.05, 0) is 59.2 Å². The van der Waals surface area contributed by atoms with Gasteiger partial charge < -0.3 is 5.73 Å². The van der Waals surface area contributed by atoms with Crippen LogP contribution in [0.25, 0.3) is 0 Å². The maximum Gasteiger partial charge on any atom is 0.0331 e. The molecule has 1 fully saturated rings. The second-order valence-corrected chi connectivity index (χ2v) is 9.50. The van der Waals surface area contributed by atoms with Gasteiger partial charge in [-0.1, -0.05) is 92.3 Å². The van der Waals surface area contributed by atoms with Crippen LogP contribution in [0, 0.1) is 29.1 Å². The van der Waals surface area contributed by atoms with E-state index < -0.39 is 0 Å². The summed E-state index contributed by atoms with van der Waals surface area (Å²) in [5, 5.41) is 0. The summed E-state index contributed by atoms with van der Waals surface area (Å²) in [5.41, 5.74) is 12.7. The first-order valence-electron chi connectivity index (χ1n) is 10.8. The Kier molecular flexibility index (Phi) is 4.32. The molecule has 1 heteroatoms. The third-order valence-corrected chi connectivity index (χ3v) is 7.63. The Balaban J connectivity index is 1.43. The van der Waals surface area contributed by atoms with Crippen molar-refractivity contribution in [3.05, 3.63) is 95.2 Å². The van der Waals surface area contributed by atoms with E-state index in [-0.39, 0.29) is 11.5 Å². The number of nitrogens with two attached hydrogens (primary N) is 1. The number of hydrogen-bond donors (Lipinski definition) is 1. The quantitative estimate of drug-likeness (QED) is 0.637. The van der Waals surface area contributed by atoms with Crippen molar-refractivity contribution in [2.75, 3.05) is 0 Å². The molecule has 0 aromatic carbocycles. The lowest BCUT2D eigenvalue weighted by Gasteiger charge is -2.30. The van der Waals surface area contributed by atoms with E-state index in [9.17, 15) is 0 Å². The van der Waals surface area contributed by atoms with Crippen LogP contribution >= 0.6 is 0 Å². The van der Waals surface area contributed by atoms with Crippen LogP contribution in [0.4, 0.5) is 0 Å². The summed E-state index contributed by atoms with van der Waals surface area (Å²) in [6, 6.07) is 0.0919. The van der Waals surface area contributed by atoms with Gasteiger partial charge in [0.15, 0.2) is 0 Å². The Morgan fingerprint density at radius 3 is 2.57 bits per heavy atom. The molecule has 5 aliphatic carbocycles. The molecule has 0 aromatic rings. The van der Waals surface area contributed by atoms with E-state index in [1.54, 1.807) is 11.1 Å². The maximum absolute atomic E-state index is 6.36. The zero-order chi connectivity index (χ0) is 19.3. The minimum absolute atomic E-state index is 0.0919. The van der Waals surface area contributed by atoms with E-state index in [0.717, 1.165) is 12.8 Å². The predicted octanol–water partition coefficient (Wildman–Crippen LogP) is 5.97. The zero-order valence-corrected chi connectivity index (χ0v) is 17.0. The molecule has 0 bridgehead atoms. The van der Waals surface area contributed by atoms with Gasteiger partial charge in [0.25, 0.3) is 0 Å². The summed E-state index contributed by atoms with van der Waals surface area (Å²) >= 11 is 0. The Labute approximate surface area is 169 Å². The van der Waals surface area contributed by atoms with Gasteiger partial charge in [-0.3, -0.25) is 0 Å². The Morgan fingerprint density at radius 1 is 0.929 bits per heavy atom. The van der Waals surface area contributed by atoms with Crippen LogP contribution in [0.3, 0.4) is 0 Å². The molecule has 5 atom stereocenters. The Morgan fingerprint density at radius 2 is 1.71 bits per heavy atom. The molecule has 0 aromatic heterocycles. The standard InChI is InChI=1S/C27H31N/c1-27(2)24-12-5-3-11-22(24)23-17-19(14-15-25(23)27)18-8-7-9-20(16-18)21-10-4-6-13-26(21)28/h3-6,9-16,21-24,26H,7-8,17,28H2,1-2H3. The molecule has 1 nitrogen and oxygen atoms in total. The molecule has 0 radical (unpaired) electrons. The van der Waals surface area contributed by atoms with Crippen LogP contribution < -0.4 is 5.73 Å². The monoisotopic (exact) mass is 369 g/mol. The SMILES string of the molecule is CC1(C)C2=CC=C(C3=CC(C4C=CC=CC4N)=CCC3)CC2C2C=CC=CC21. The minimum atomic E-state index is 0.0919. The second kappa shape index (κ2) is 6.74. The number of allylic oxidation sites excluding steroid dienone is 13. The van der Waals surface area contributed by atoms with Crippen molar-refractivity contribution in [3.8, 4) is 0 Å². The average molecular weight is 370 g/mol. The first-order valence-corrected chi connectivity index (χ1v) is 10.8. The van der Waals surface area contributed by atoms with Crippen molar-refractivity contribution in [2.24, 2.45) is 34.8 Å². The fourth-order valence-electron chi connectivity index (χ4n) is 6.10. The second-order valence-electron chi connectivity index (χ2n) is 9.50. The molecule has 5 aliphatic rings. The molecule has 0 aliphatic heterocycles. The maximum atomic E-state index is 6.36. The van der Waals surface area contributed by atoms with E-state index in [1.165, 1.54) is 17.6 Å². The minimum Gasteiger partial charge on any atom is -0.324 e. The topological polar surface area (TPSA) is 26.0 Å². The van der Waals surface area contributed by atoms with Gasteiger partial charge in [0.1, 0.15) is 0 Å². The van der Waals surface area contributed by atoms with Gasteiger partial charge in [-0.25, -0.2) is 0 Å². The molecular formula is C27H31N. The average Bonchev–Trinajstić information content (AvgIpc) is 2.96. The lowest BCUT2D eigenvalue weighted by molar-refractivity contribution is 0.321. The summed E-state index contributed by atoms with van der Waals surface area (Å²) in [6.45, 7) is 4.87. The summed E-state index contributed by atoms with van der Waals surface area (Å²) in [7, 11) is 0. The van der Waals surface area contributed by atoms with Crippen molar-refractivity contribution in [3.63, 3.8) is 0 Å². The van der Waals surface area contributed by atoms with Gasteiger partial charge in [0, 0.05) is 12.0 Å². The highest BCUT2D eigenvalue weighted by Gasteiger charge is 2.50. The van der Waals surface area contributed by atoms with E-state index in [0.29, 0.717) is 23.7 Å². The molecule has 28 heavy (non-hydrogen) atoms. The van der Waals surface area contributed by atoms with Gasteiger partial charge in [-0.15, -0.1) is 0 Å². The van der Waals surface area contributed by atoms with Crippen LogP contribution in [0.15, 0.2) is 95.2 Å². The molecule has 1 saturated carbocycles. The fraction of sp³-hybridized carbons (Fsp3) is 0.407. The summed E-state index contributed by atoms with van der Waals surface area (Å²) in [5.74, 6) is 2.25. The van der Waals surface area contributed by atoms with Crippen LogP contribution in [-0.4, -0.2) is 6.04 Å². The number of hydrogen-bond acceptors (Lipinski definition) is 1. The van der Waals surface area contributed by atoms with Gasteiger partial charge in [-0.2, -0.15) is 0 Å². The smallest absolute Gasteiger partial charge is 0.0331 e. The van der Waals surface area contributed by atoms with Gasteiger partial charge in [0.2, 0.25) is 0 Å². The zero-order valence-electron chi connectivity index (χ0n) is 17.0. The molecule has 0 spiro atoms. The van der Waals surface area contributed by atoms with Gasteiger partial charge in [0.05, 0.1) is 0 Å². The van der Waals surface area contributed by atoms with Crippen molar-refractivity contribution < 1.29 is 0 Å². The number of fused-ring (bicyclic) bond motifs is 3. The third kappa shape index (κ3) is 2.79. The summed E-state index contributed by atoms with van der Waals surface area (Å²) in [6.07, 6.45) is 31.1. The molecular weight excluding hydrogens is 338 g/mol. The van der Waals surface area contributed by atoms with Crippen molar-refractivity contribution >= 4 is 0 Å². The van der Waals surface area contributed by atoms with Crippen LogP contribution in [-0.2, 0) is 0 Å². The highest BCUT2D eigenvalue weighted by Crippen LogP contribution is 2.59. The lowest BCUT2D eigenvalue weighted by Crippen LogP contribution is -2.29. The summed E-state index contributed by atoms with van der Waals surface area (Å²) in [4.78, 5) is 0. The van der Waals surface area contributed by atoms with E-state index >= 15 is 0 Å². The van der Waals surface area contributed by atoms with Crippen molar-refractivity contribution in [1.29, 1.82) is 0 Å². The highest BCUT2D eigenvalue weighted by molar-refractivity contribution is 5.49. The summed E-state index contributed by atoms with van der Waals surface area (Å²) < 4.78 is 0.